The molecule has 1 saturated heterocycles. The first-order valence-electron chi connectivity index (χ1n) is 11.3. The van der Waals surface area contributed by atoms with Crippen molar-refractivity contribution >= 4 is 24.3 Å². The maximum atomic E-state index is 13.0. The molecule has 0 aromatic carbocycles. The first-order chi connectivity index (χ1) is 16.5. The second kappa shape index (κ2) is 14.6. The molecule has 1 amide bonds. The van der Waals surface area contributed by atoms with Gasteiger partial charge < -0.3 is 16.1 Å². The number of rotatable bonds is 4. The molecule has 2 fully saturated rings. The fraction of sp³-hybridized carbons (Fsp3) is 0.478. The highest BCUT2D eigenvalue weighted by Crippen LogP contribution is 2.15. The Labute approximate surface area is 198 Å². The first-order valence-corrected chi connectivity index (χ1v) is 11.3. The van der Waals surface area contributed by atoms with E-state index in [1.54, 1.807) is 25.2 Å². The second-order valence-electron chi connectivity index (χ2n) is 7.88. The van der Waals surface area contributed by atoms with Crippen molar-refractivity contribution in [3.63, 3.8) is 0 Å². The minimum absolute atomic E-state index is 0.138. The van der Waals surface area contributed by atoms with E-state index < -0.39 is 5.82 Å². The van der Waals surface area contributed by atoms with Gasteiger partial charge in [-0.05, 0) is 70.8 Å². The molecule has 2 aliphatic rings. The molecule has 0 radical (unpaired) electrons. The summed E-state index contributed by atoms with van der Waals surface area (Å²) in [6.07, 6.45) is 10.8. The normalized spacial score (nSPS) is 16.0. The minimum Gasteiger partial charge on any atom is -0.381 e. The zero-order chi connectivity index (χ0) is 24.8. The summed E-state index contributed by atoms with van der Waals surface area (Å²) in [6.45, 7) is 2.64. The number of carbonyl (C=O) groups is 2. The van der Waals surface area contributed by atoms with E-state index in [4.69, 9.17) is 5.73 Å². The maximum absolute atomic E-state index is 13.0. The van der Waals surface area contributed by atoms with Crippen LogP contribution < -0.4 is 16.6 Å². The van der Waals surface area contributed by atoms with Crippen LogP contribution in [0.1, 0.15) is 44.9 Å². The molecular formula is C23H33FN8O2. The van der Waals surface area contributed by atoms with Gasteiger partial charge >= 0.3 is 0 Å². The molecule has 184 valence electrons. The lowest BCUT2D eigenvalue weighted by molar-refractivity contribution is -0.106. The number of likely N-dealkylation sites (tertiary alicyclic amines) is 1. The van der Waals surface area contributed by atoms with Gasteiger partial charge in [-0.25, -0.2) is 19.4 Å². The standard InChI is InChI=1S/C11H11FN6O.C7H11NO.C5H11N/c1-14-17-9-4-2-3-8(18(9)6-19)11-15-5-7(12)10(13)16-11;9-6-8-7-4-2-1-3-5-7;1-6-4-2-3-5-6/h2-6,14H,1H3,(H2,13,15,16);6H,1-5H2;2-5H2,1H3/b17-9-;;. The average molecular weight is 473 g/mol. The van der Waals surface area contributed by atoms with Gasteiger partial charge in [0.1, 0.15) is 0 Å². The number of amides is 1. The number of hydrogen-bond donors (Lipinski definition) is 2. The van der Waals surface area contributed by atoms with Crippen LogP contribution in [0.4, 0.5) is 10.2 Å². The molecule has 1 aliphatic heterocycles. The number of aliphatic imine (C=N–C) groups is 1. The number of anilines is 1. The van der Waals surface area contributed by atoms with Gasteiger partial charge in [-0.15, -0.1) is 0 Å². The summed E-state index contributed by atoms with van der Waals surface area (Å²) in [5.41, 5.74) is 9.78. The largest absolute Gasteiger partial charge is 0.381 e. The van der Waals surface area contributed by atoms with Gasteiger partial charge in [-0.1, -0.05) is 12.5 Å². The SMILES string of the molecule is CN/N=c1/cccc(-c2ncc(F)c(N)n2)n1C=O.CN1CCCC1.O=CN=C1CCCCC1. The van der Waals surface area contributed by atoms with Crippen LogP contribution in [0.2, 0.25) is 0 Å². The van der Waals surface area contributed by atoms with E-state index in [1.807, 2.05) is 0 Å². The topological polar surface area (TPSA) is 131 Å². The summed E-state index contributed by atoms with van der Waals surface area (Å²) >= 11 is 0. The quantitative estimate of drug-likeness (QED) is 0.514. The van der Waals surface area contributed by atoms with Crippen molar-refractivity contribution in [2.24, 2.45) is 10.1 Å². The molecule has 2 aromatic rings. The minimum atomic E-state index is -0.711. The molecule has 11 heteroatoms. The van der Waals surface area contributed by atoms with Crippen LogP contribution in [0.25, 0.3) is 11.5 Å². The molecule has 3 heterocycles. The second-order valence-corrected chi connectivity index (χ2v) is 7.88. The molecule has 1 saturated carbocycles. The summed E-state index contributed by atoms with van der Waals surface area (Å²) in [5, 5.41) is 3.92. The zero-order valence-electron chi connectivity index (χ0n) is 19.8. The Morgan fingerprint density at radius 2 is 1.82 bits per heavy atom. The van der Waals surface area contributed by atoms with E-state index in [0.717, 1.165) is 24.8 Å². The highest BCUT2D eigenvalue weighted by Gasteiger charge is 2.10. The van der Waals surface area contributed by atoms with E-state index in [1.165, 1.54) is 49.8 Å². The fourth-order valence-corrected chi connectivity index (χ4v) is 3.55. The number of nitrogens with one attached hydrogen (secondary N) is 1. The summed E-state index contributed by atoms with van der Waals surface area (Å²) in [4.78, 5) is 34.7. The number of hydrogen-bond acceptors (Lipinski definition) is 8. The molecule has 3 N–H and O–H groups in total. The van der Waals surface area contributed by atoms with Crippen LogP contribution in [-0.4, -0.2) is 65.2 Å². The summed E-state index contributed by atoms with van der Waals surface area (Å²) in [7, 11) is 3.78. The lowest BCUT2D eigenvalue weighted by Crippen LogP contribution is -2.24. The Bertz CT molecular complexity index is 1020. The number of halogens is 1. The molecule has 1 aliphatic carbocycles. The number of carbonyl (C=O) groups excluding carboxylic acids is 2. The van der Waals surface area contributed by atoms with Crippen LogP contribution >= 0.6 is 0 Å². The molecule has 0 atom stereocenters. The van der Waals surface area contributed by atoms with E-state index in [-0.39, 0.29) is 11.6 Å². The first kappa shape index (κ1) is 26.8. The van der Waals surface area contributed by atoms with Crippen LogP contribution in [0.5, 0.6) is 0 Å². The van der Waals surface area contributed by atoms with Crippen molar-refractivity contribution in [1.82, 2.24) is 24.9 Å². The van der Waals surface area contributed by atoms with Crippen molar-refractivity contribution < 1.29 is 14.0 Å². The molecular weight excluding hydrogens is 439 g/mol. The van der Waals surface area contributed by atoms with Crippen molar-refractivity contribution in [1.29, 1.82) is 0 Å². The Morgan fingerprint density at radius 1 is 1.12 bits per heavy atom. The van der Waals surface area contributed by atoms with Crippen LogP contribution in [0.3, 0.4) is 0 Å². The van der Waals surface area contributed by atoms with Gasteiger partial charge in [0.25, 0.3) is 0 Å². The number of nitrogens with two attached hydrogens (primary N) is 1. The molecule has 4 rings (SSSR count). The van der Waals surface area contributed by atoms with E-state index in [2.05, 4.69) is 37.4 Å². The predicted octanol–water partition coefficient (Wildman–Crippen LogP) is 2.00. The lowest BCUT2D eigenvalue weighted by Gasteiger charge is -2.09. The average Bonchev–Trinajstić information content (AvgIpc) is 3.33. The fourth-order valence-electron chi connectivity index (χ4n) is 3.55. The molecule has 0 unspecified atom stereocenters. The highest BCUT2D eigenvalue weighted by molar-refractivity contribution is 5.89. The maximum Gasteiger partial charge on any atom is 0.232 e. The molecule has 2 aromatic heterocycles. The third kappa shape index (κ3) is 8.47. The number of pyridine rings is 1. The van der Waals surface area contributed by atoms with Gasteiger partial charge in [-0.3, -0.25) is 14.2 Å². The van der Waals surface area contributed by atoms with Crippen molar-refractivity contribution in [3.8, 4) is 11.5 Å². The van der Waals surface area contributed by atoms with Crippen molar-refractivity contribution in [2.45, 2.75) is 44.9 Å². The van der Waals surface area contributed by atoms with Gasteiger partial charge in [0.05, 0.1) is 11.9 Å². The molecule has 34 heavy (non-hydrogen) atoms. The monoisotopic (exact) mass is 472 g/mol. The number of aromatic nitrogens is 3. The summed E-state index contributed by atoms with van der Waals surface area (Å²) in [6, 6.07) is 4.91. The Morgan fingerprint density at radius 3 is 2.35 bits per heavy atom. The van der Waals surface area contributed by atoms with E-state index >= 15 is 0 Å². The molecule has 10 nitrogen and oxygen atoms in total. The molecule has 0 spiro atoms. The predicted molar refractivity (Wildman–Crippen MR) is 130 cm³/mol. The molecule has 0 bridgehead atoms. The van der Waals surface area contributed by atoms with Crippen LogP contribution in [0, 0.1) is 5.82 Å². The van der Waals surface area contributed by atoms with Crippen molar-refractivity contribution in [3.05, 3.63) is 35.7 Å². The van der Waals surface area contributed by atoms with E-state index in [9.17, 15) is 14.0 Å². The van der Waals surface area contributed by atoms with Gasteiger partial charge in [0, 0.05) is 12.8 Å². The zero-order valence-corrected chi connectivity index (χ0v) is 19.8. The van der Waals surface area contributed by atoms with E-state index in [0.29, 0.717) is 24.0 Å². The van der Waals surface area contributed by atoms with Crippen LogP contribution in [-0.2, 0) is 9.59 Å². The Hall–Kier alpha value is -3.47. The summed E-state index contributed by atoms with van der Waals surface area (Å²) < 4.78 is 14.3. The Kier molecular flexibility index (Phi) is 11.5. The van der Waals surface area contributed by atoms with Crippen LogP contribution in [0.15, 0.2) is 34.5 Å². The van der Waals surface area contributed by atoms with Gasteiger partial charge in [0.2, 0.25) is 12.8 Å². The Balaban J connectivity index is 0.000000223. The number of nitrogen functional groups attached to an aromatic ring is 1. The third-order valence-electron chi connectivity index (χ3n) is 5.33. The van der Waals surface area contributed by atoms with Gasteiger partial charge in [0.15, 0.2) is 22.9 Å². The smallest absolute Gasteiger partial charge is 0.232 e. The highest BCUT2D eigenvalue weighted by atomic mass is 19.1. The summed E-state index contributed by atoms with van der Waals surface area (Å²) in [5.74, 6) is -0.852. The third-order valence-corrected chi connectivity index (χ3v) is 5.33. The van der Waals surface area contributed by atoms with Gasteiger partial charge in [-0.2, -0.15) is 5.10 Å². The van der Waals surface area contributed by atoms with Crippen molar-refractivity contribution in [2.75, 3.05) is 32.9 Å². The number of nitrogens with zero attached hydrogens (tertiary/aromatic N) is 6. The lowest BCUT2D eigenvalue weighted by atomic mass is 9.99.